The number of benzene rings is 1. The second-order valence-electron chi connectivity index (χ2n) is 9.49. The topological polar surface area (TPSA) is 76.1 Å². The third-order valence-corrected chi connectivity index (χ3v) is 4.52. The third-order valence-electron chi connectivity index (χ3n) is 4.52. The fourth-order valence-corrected chi connectivity index (χ4v) is 3.37. The molecule has 0 spiro atoms. The van der Waals surface area contributed by atoms with Crippen LogP contribution in [0.4, 0.5) is 4.79 Å². The lowest BCUT2D eigenvalue weighted by Gasteiger charge is -2.28. The molecule has 0 bridgehead atoms. The Morgan fingerprint density at radius 3 is 2.36 bits per heavy atom. The first-order valence-electron chi connectivity index (χ1n) is 9.83. The summed E-state index contributed by atoms with van der Waals surface area (Å²) in [6.07, 6.45) is 0.813. The average Bonchev–Trinajstić information content (AvgIpc) is 2.99. The largest absolute Gasteiger partial charge is 0.508 e. The zero-order valence-corrected chi connectivity index (χ0v) is 17.8. The van der Waals surface area contributed by atoms with Crippen molar-refractivity contribution in [1.82, 2.24) is 4.90 Å². The minimum Gasteiger partial charge on any atom is -0.508 e. The molecule has 6 nitrogen and oxygen atoms in total. The maximum absolute atomic E-state index is 12.9. The van der Waals surface area contributed by atoms with Gasteiger partial charge in [0.25, 0.3) is 0 Å². The van der Waals surface area contributed by atoms with Crippen LogP contribution in [0.15, 0.2) is 24.3 Å². The van der Waals surface area contributed by atoms with Crippen molar-refractivity contribution < 1.29 is 24.2 Å². The Labute approximate surface area is 167 Å². The number of carbonyl (C=O) groups excluding carboxylic acids is 2. The van der Waals surface area contributed by atoms with Gasteiger partial charge in [0.15, 0.2) is 0 Å². The monoisotopic (exact) mass is 391 g/mol. The van der Waals surface area contributed by atoms with Crippen LogP contribution < -0.4 is 0 Å². The van der Waals surface area contributed by atoms with E-state index in [-0.39, 0.29) is 23.7 Å². The molecule has 1 N–H and O–H groups in total. The number of ether oxygens (including phenoxy) is 2. The lowest BCUT2D eigenvalue weighted by molar-refractivity contribution is -0.161. The second-order valence-corrected chi connectivity index (χ2v) is 9.49. The van der Waals surface area contributed by atoms with Crippen molar-refractivity contribution in [3.63, 3.8) is 0 Å². The van der Waals surface area contributed by atoms with Crippen molar-refractivity contribution in [3.8, 4) is 5.75 Å². The van der Waals surface area contributed by atoms with Crippen LogP contribution in [0.25, 0.3) is 0 Å². The van der Waals surface area contributed by atoms with Crippen LogP contribution in [0.1, 0.15) is 53.5 Å². The average molecular weight is 392 g/mol. The molecule has 1 saturated heterocycles. The molecule has 1 aliphatic heterocycles. The van der Waals surface area contributed by atoms with Crippen molar-refractivity contribution in [2.24, 2.45) is 11.8 Å². The van der Waals surface area contributed by atoms with E-state index in [1.54, 1.807) is 23.1 Å². The number of nitrogens with zero attached hydrogens (tertiary/aromatic N) is 1. The Kier molecular flexibility index (Phi) is 6.63. The van der Waals surface area contributed by atoms with Gasteiger partial charge in [-0.3, -0.25) is 4.79 Å². The molecular formula is C22H33NO5. The van der Waals surface area contributed by atoms with E-state index in [9.17, 15) is 14.7 Å². The number of rotatable bonds is 4. The van der Waals surface area contributed by atoms with Crippen LogP contribution in [0.5, 0.6) is 5.75 Å². The van der Waals surface area contributed by atoms with Gasteiger partial charge in [0.1, 0.15) is 17.0 Å². The van der Waals surface area contributed by atoms with Gasteiger partial charge in [0.05, 0.1) is 5.92 Å². The summed E-state index contributed by atoms with van der Waals surface area (Å²) in [6.45, 7) is 12.1. The maximum atomic E-state index is 12.9. The number of carbonyl (C=O) groups is 2. The predicted octanol–water partition coefficient (Wildman–Crippen LogP) is 4.15. The highest BCUT2D eigenvalue weighted by molar-refractivity contribution is 5.74. The third kappa shape index (κ3) is 6.73. The molecule has 1 fully saturated rings. The number of amides is 1. The summed E-state index contributed by atoms with van der Waals surface area (Å²) in [4.78, 5) is 27.0. The van der Waals surface area contributed by atoms with Crippen molar-refractivity contribution in [2.45, 2.75) is 65.6 Å². The Bertz CT molecular complexity index is 702. The summed E-state index contributed by atoms with van der Waals surface area (Å²) >= 11 is 0. The molecule has 6 heteroatoms. The summed E-state index contributed by atoms with van der Waals surface area (Å²) in [5, 5.41) is 9.75. The summed E-state index contributed by atoms with van der Waals surface area (Å²) < 4.78 is 11.1. The van der Waals surface area contributed by atoms with Crippen LogP contribution in [-0.4, -0.2) is 46.4 Å². The Hall–Kier alpha value is -2.24. The lowest BCUT2D eigenvalue weighted by Crippen LogP contribution is -2.38. The first-order chi connectivity index (χ1) is 12.8. The van der Waals surface area contributed by atoms with Crippen LogP contribution >= 0.6 is 0 Å². The highest BCUT2D eigenvalue weighted by atomic mass is 16.6. The van der Waals surface area contributed by atoms with E-state index >= 15 is 0 Å². The number of aromatic hydroxyl groups is 1. The predicted molar refractivity (Wildman–Crippen MR) is 107 cm³/mol. The standard InChI is InChI=1S/C22H33NO5/c1-21(2,3)27-19(25)18(13-15-8-7-9-17(24)12-15)16-10-11-23(14-16)20(26)28-22(4,5)6/h7-9,12,16,18,24H,10-11,13-14H2,1-6H3/t16-,18?/m0/s1. The summed E-state index contributed by atoms with van der Waals surface area (Å²) in [6, 6.07) is 6.92. The minimum absolute atomic E-state index is 0.0234. The van der Waals surface area contributed by atoms with E-state index in [1.807, 2.05) is 47.6 Å². The highest BCUT2D eigenvalue weighted by Gasteiger charge is 2.39. The van der Waals surface area contributed by atoms with Gasteiger partial charge in [-0.25, -0.2) is 4.79 Å². The molecule has 2 rings (SSSR count). The van der Waals surface area contributed by atoms with Gasteiger partial charge in [-0.1, -0.05) is 12.1 Å². The fourth-order valence-electron chi connectivity index (χ4n) is 3.37. The molecule has 1 amide bonds. The normalized spacial score (nSPS) is 18.6. The van der Waals surface area contributed by atoms with Gasteiger partial charge in [-0.2, -0.15) is 0 Å². The van der Waals surface area contributed by atoms with Crippen molar-refractivity contribution in [3.05, 3.63) is 29.8 Å². The van der Waals surface area contributed by atoms with Crippen molar-refractivity contribution in [1.29, 1.82) is 0 Å². The van der Waals surface area contributed by atoms with Crippen molar-refractivity contribution in [2.75, 3.05) is 13.1 Å². The van der Waals surface area contributed by atoms with Crippen molar-refractivity contribution >= 4 is 12.1 Å². The van der Waals surface area contributed by atoms with Gasteiger partial charge in [0.2, 0.25) is 0 Å². The SMILES string of the molecule is CC(C)(C)OC(=O)C(Cc1cccc(O)c1)[C@H]1CCN(C(=O)OC(C)(C)C)C1. The lowest BCUT2D eigenvalue weighted by atomic mass is 9.86. The van der Waals surface area contributed by atoms with Gasteiger partial charge in [-0.15, -0.1) is 0 Å². The molecule has 1 aliphatic rings. The van der Waals surface area contributed by atoms with E-state index in [0.29, 0.717) is 25.9 Å². The van der Waals surface area contributed by atoms with E-state index < -0.39 is 17.1 Å². The number of hydrogen-bond acceptors (Lipinski definition) is 5. The number of likely N-dealkylation sites (tertiary alicyclic amines) is 1. The molecule has 0 aliphatic carbocycles. The molecule has 1 aromatic carbocycles. The number of phenols is 1. The molecule has 1 aromatic rings. The van der Waals surface area contributed by atoms with E-state index in [2.05, 4.69) is 0 Å². The molecular weight excluding hydrogens is 358 g/mol. The Balaban J connectivity index is 2.15. The zero-order valence-electron chi connectivity index (χ0n) is 17.8. The molecule has 1 heterocycles. The first kappa shape index (κ1) is 22.1. The zero-order chi connectivity index (χ0) is 21.1. The fraction of sp³-hybridized carbons (Fsp3) is 0.636. The number of phenolic OH excluding ortho intramolecular Hbond substituents is 1. The second kappa shape index (κ2) is 8.41. The highest BCUT2D eigenvalue weighted by Crippen LogP contribution is 2.31. The summed E-state index contributed by atoms with van der Waals surface area (Å²) in [5.74, 6) is -0.521. The number of esters is 1. The molecule has 1 unspecified atom stereocenters. The van der Waals surface area contributed by atoms with E-state index in [1.165, 1.54) is 0 Å². The van der Waals surface area contributed by atoms with Gasteiger partial charge >= 0.3 is 12.1 Å². The molecule has 28 heavy (non-hydrogen) atoms. The molecule has 0 aromatic heterocycles. The quantitative estimate of drug-likeness (QED) is 0.781. The maximum Gasteiger partial charge on any atom is 0.410 e. The number of hydrogen-bond donors (Lipinski definition) is 1. The van der Waals surface area contributed by atoms with E-state index in [0.717, 1.165) is 5.56 Å². The molecule has 0 saturated carbocycles. The van der Waals surface area contributed by atoms with Crippen LogP contribution in [0, 0.1) is 11.8 Å². The first-order valence-corrected chi connectivity index (χ1v) is 9.83. The summed E-state index contributed by atoms with van der Waals surface area (Å²) in [7, 11) is 0. The molecule has 0 radical (unpaired) electrons. The van der Waals surface area contributed by atoms with Gasteiger partial charge in [0, 0.05) is 13.1 Å². The molecule has 156 valence electrons. The smallest absolute Gasteiger partial charge is 0.410 e. The van der Waals surface area contributed by atoms with Crippen LogP contribution in [0.3, 0.4) is 0 Å². The van der Waals surface area contributed by atoms with Gasteiger partial charge < -0.3 is 19.5 Å². The van der Waals surface area contributed by atoms with Crippen LogP contribution in [0.2, 0.25) is 0 Å². The molecule has 2 atom stereocenters. The van der Waals surface area contributed by atoms with Gasteiger partial charge in [-0.05, 0) is 78.0 Å². The minimum atomic E-state index is -0.586. The Morgan fingerprint density at radius 1 is 1.14 bits per heavy atom. The van der Waals surface area contributed by atoms with E-state index in [4.69, 9.17) is 9.47 Å². The van der Waals surface area contributed by atoms with Crippen LogP contribution in [-0.2, 0) is 20.7 Å². The Morgan fingerprint density at radius 2 is 1.79 bits per heavy atom. The summed E-state index contributed by atoms with van der Waals surface area (Å²) in [5.41, 5.74) is -0.273.